The molecular formula is C29H29ClN4O. The molecule has 1 aliphatic heterocycles. The minimum atomic E-state index is -0.629. The minimum Gasteiger partial charge on any atom is -0.365 e. The first kappa shape index (κ1) is 25.7. The molecule has 35 heavy (non-hydrogen) atoms. The molecule has 1 aliphatic rings. The lowest BCUT2D eigenvalue weighted by atomic mass is 10.0. The number of nitrogens with zero attached hydrogens (tertiary/aromatic N) is 3. The van der Waals surface area contributed by atoms with Gasteiger partial charge in [-0.15, -0.1) is 0 Å². The lowest BCUT2D eigenvalue weighted by molar-refractivity contribution is -0.111. The van der Waals surface area contributed by atoms with Crippen LogP contribution in [-0.2, 0) is 11.2 Å². The van der Waals surface area contributed by atoms with Crippen LogP contribution in [0.25, 0.3) is 5.70 Å². The van der Waals surface area contributed by atoms with Gasteiger partial charge in [-0.05, 0) is 48.8 Å². The summed E-state index contributed by atoms with van der Waals surface area (Å²) in [5.41, 5.74) is 11.2. The Labute approximate surface area is 212 Å². The van der Waals surface area contributed by atoms with Gasteiger partial charge in [0.2, 0.25) is 0 Å². The van der Waals surface area contributed by atoms with E-state index in [4.69, 9.17) is 22.3 Å². The average molecular weight is 485 g/mol. The smallest absolute Gasteiger partial charge is 0.261 e. The Morgan fingerprint density at radius 3 is 2.14 bits per heavy atom. The number of primary amides is 1. The summed E-state index contributed by atoms with van der Waals surface area (Å²) in [5, 5.41) is 6.58. The molecule has 0 unspecified atom stereocenters. The van der Waals surface area contributed by atoms with Crippen molar-refractivity contribution in [1.82, 2.24) is 5.01 Å². The number of hydrazone groups is 1. The summed E-state index contributed by atoms with van der Waals surface area (Å²) in [6.07, 6.45) is 5.72. The maximum Gasteiger partial charge on any atom is 0.261 e. The molecule has 1 heterocycles. The second-order valence-electron chi connectivity index (χ2n) is 7.50. The van der Waals surface area contributed by atoms with Gasteiger partial charge in [-0.2, -0.15) is 5.10 Å². The maximum atomic E-state index is 11.4. The van der Waals surface area contributed by atoms with Crippen LogP contribution in [0.2, 0.25) is 5.02 Å². The van der Waals surface area contributed by atoms with Gasteiger partial charge in [0.25, 0.3) is 5.91 Å². The Morgan fingerprint density at radius 2 is 1.54 bits per heavy atom. The monoisotopic (exact) mass is 484 g/mol. The molecule has 6 heteroatoms. The van der Waals surface area contributed by atoms with E-state index in [-0.39, 0.29) is 0 Å². The molecule has 0 atom stereocenters. The minimum absolute atomic E-state index is 0.586. The first-order valence-corrected chi connectivity index (χ1v) is 11.9. The van der Waals surface area contributed by atoms with Crippen LogP contribution in [0.3, 0.4) is 0 Å². The maximum absolute atomic E-state index is 11.4. The zero-order valence-electron chi connectivity index (χ0n) is 20.1. The summed E-state index contributed by atoms with van der Waals surface area (Å²) in [6, 6.07) is 26.1. The number of hydrogen-bond acceptors (Lipinski definition) is 4. The number of amides is 1. The number of carbonyl (C=O) groups is 1. The summed E-state index contributed by atoms with van der Waals surface area (Å²) < 4.78 is 0. The highest BCUT2D eigenvalue weighted by Crippen LogP contribution is 2.30. The van der Waals surface area contributed by atoms with Gasteiger partial charge in [-0.3, -0.25) is 4.79 Å². The summed E-state index contributed by atoms with van der Waals surface area (Å²) in [6.45, 7) is 5.87. The number of allylic oxidation sites excluding steroid dienone is 2. The van der Waals surface area contributed by atoms with Gasteiger partial charge in [-0.25, -0.2) is 10.0 Å². The van der Waals surface area contributed by atoms with Crippen molar-refractivity contribution in [2.75, 3.05) is 0 Å². The van der Waals surface area contributed by atoms with Gasteiger partial charge < -0.3 is 5.73 Å². The fourth-order valence-corrected chi connectivity index (χ4v) is 3.66. The van der Waals surface area contributed by atoms with Crippen molar-refractivity contribution in [3.63, 3.8) is 0 Å². The fraction of sp³-hybridized carbons (Fsp3) is 0.138. The summed E-state index contributed by atoms with van der Waals surface area (Å²) in [7, 11) is 0. The Balaban J connectivity index is 0.00000167. The quantitative estimate of drug-likeness (QED) is 0.409. The first-order chi connectivity index (χ1) is 17.0. The zero-order valence-corrected chi connectivity index (χ0v) is 20.9. The Hall–Kier alpha value is -3.96. The molecule has 178 valence electrons. The van der Waals surface area contributed by atoms with Crippen LogP contribution in [0, 0.1) is 0 Å². The third-order valence-corrected chi connectivity index (χ3v) is 5.41. The van der Waals surface area contributed by atoms with Crippen LogP contribution in [0.1, 0.15) is 43.0 Å². The molecular weight excluding hydrogens is 456 g/mol. The lowest BCUT2D eigenvalue weighted by Crippen LogP contribution is -2.23. The van der Waals surface area contributed by atoms with Gasteiger partial charge in [-0.1, -0.05) is 92.2 Å². The standard InChI is InChI=1S/C27H23ClN4O.C2H6/c1-2-27-31-24(21-12-14-23(28)15-13-21)17-25(32(27)30-18-26(29)33)22-10-8-20(9-11-22)16-19-6-4-3-5-7-19;1-2/h2-15,17-18H,16H2,1H3,(H2,29,33);1-2H3/b27-2-,30-18+;. The Kier molecular flexibility index (Phi) is 9.16. The SMILES string of the molecule is C/C=C1/N=C(c2ccc(Cl)cc2)C=C(c2ccc(Cc3ccccc3)cc2)N1/N=C/C(N)=O.CC. The number of hydrogen-bond donors (Lipinski definition) is 1. The normalized spacial score (nSPS) is 14.3. The average Bonchev–Trinajstić information content (AvgIpc) is 2.89. The molecule has 0 radical (unpaired) electrons. The number of aliphatic imine (C=N–C) groups is 1. The molecule has 2 N–H and O–H groups in total. The van der Waals surface area contributed by atoms with Crippen LogP contribution in [-0.4, -0.2) is 22.8 Å². The second-order valence-corrected chi connectivity index (χ2v) is 7.93. The molecule has 1 amide bonds. The van der Waals surface area contributed by atoms with Crippen LogP contribution in [0.4, 0.5) is 0 Å². The van der Waals surface area contributed by atoms with Gasteiger partial charge in [0.1, 0.15) is 12.0 Å². The van der Waals surface area contributed by atoms with Gasteiger partial charge >= 0.3 is 0 Å². The zero-order chi connectivity index (χ0) is 25.2. The molecule has 0 aromatic heterocycles. The molecule has 0 saturated carbocycles. The van der Waals surface area contributed by atoms with E-state index in [1.165, 1.54) is 11.1 Å². The van der Waals surface area contributed by atoms with Crippen molar-refractivity contribution in [2.24, 2.45) is 15.8 Å². The van der Waals surface area contributed by atoms with Crippen molar-refractivity contribution in [1.29, 1.82) is 0 Å². The molecule has 5 nitrogen and oxygen atoms in total. The largest absolute Gasteiger partial charge is 0.365 e. The van der Waals surface area contributed by atoms with E-state index in [0.717, 1.165) is 35.2 Å². The number of rotatable bonds is 6. The molecule has 0 spiro atoms. The van der Waals surface area contributed by atoms with Crippen LogP contribution < -0.4 is 5.73 Å². The molecule has 3 aromatic rings. The molecule has 0 fully saturated rings. The summed E-state index contributed by atoms with van der Waals surface area (Å²) in [5.74, 6) is -0.0428. The van der Waals surface area contributed by atoms with Crippen molar-refractivity contribution >= 4 is 35.1 Å². The predicted molar refractivity (Wildman–Crippen MR) is 146 cm³/mol. The van der Waals surface area contributed by atoms with Gasteiger partial charge in [0, 0.05) is 16.1 Å². The molecule has 0 bridgehead atoms. The van der Waals surface area contributed by atoms with Crippen LogP contribution >= 0.6 is 11.6 Å². The molecule has 4 rings (SSSR count). The highest BCUT2D eigenvalue weighted by molar-refractivity contribution is 6.30. The third-order valence-electron chi connectivity index (χ3n) is 5.15. The van der Waals surface area contributed by atoms with Crippen LogP contribution in [0.5, 0.6) is 0 Å². The van der Waals surface area contributed by atoms with Crippen LogP contribution in [0.15, 0.2) is 107 Å². The van der Waals surface area contributed by atoms with E-state index in [0.29, 0.717) is 10.8 Å². The Bertz CT molecular complexity index is 1260. The van der Waals surface area contributed by atoms with Crippen molar-refractivity contribution in [3.8, 4) is 0 Å². The topological polar surface area (TPSA) is 71.1 Å². The van der Waals surface area contributed by atoms with E-state index in [1.807, 2.05) is 75.4 Å². The molecule has 0 saturated heterocycles. The highest BCUT2D eigenvalue weighted by atomic mass is 35.5. The van der Waals surface area contributed by atoms with E-state index < -0.39 is 5.91 Å². The number of benzene rings is 3. The first-order valence-electron chi connectivity index (χ1n) is 11.5. The van der Waals surface area contributed by atoms with Crippen molar-refractivity contribution < 1.29 is 4.79 Å². The second kappa shape index (κ2) is 12.5. The van der Waals surface area contributed by atoms with Gasteiger partial charge in [0.05, 0.1) is 11.4 Å². The van der Waals surface area contributed by atoms with E-state index >= 15 is 0 Å². The number of carbonyl (C=O) groups excluding carboxylic acids is 1. The number of nitrogens with two attached hydrogens (primary N) is 1. The highest BCUT2D eigenvalue weighted by Gasteiger charge is 2.22. The van der Waals surface area contributed by atoms with Crippen molar-refractivity contribution in [2.45, 2.75) is 27.2 Å². The summed E-state index contributed by atoms with van der Waals surface area (Å²) in [4.78, 5) is 16.1. The van der Waals surface area contributed by atoms with Gasteiger partial charge in [0.15, 0.2) is 0 Å². The predicted octanol–water partition coefficient (Wildman–Crippen LogP) is 6.44. The van der Waals surface area contributed by atoms with Crippen molar-refractivity contribution in [3.05, 3.63) is 124 Å². The van der Waals surface area contributed by atoms with E-state index in [1.54, 1.807) is 5.01 Å². The van der Waals surface area contributed by atoms with E-state index in [2.05, 4.69) is 41.5 Å². The Morgan fingerprint density at radius 1 is 0.943 bits per heavy atom. The number of halogens is 1. The summed E-state index contributed by atoms with van der Waals surface area (Å²) >= 11 is 6.06. The lowest BCUT2D eigenvalue weighted by Gasteiger charge is -2.27. The third kappa shape index (κ3) is 6.78. The molecule has 0 aliphatic carbocycles. The van der Waals surface area contributed by atoms with E-state index in [9.17, 15) is 4.79 Å². The fourth-order valence-electron chi connectivity index (χ4n) is 3.54. The molecule has 3 aromatic carbocycles.